The molecule has 1 amide bonds. The van der Waals surface area contributed by atoms with E-state index in [1.807, 2.05) is 36.4 Å². The molecule has 0 fully saturated rings. The average molecular weight is 367 g/mol. The standard InChI is InChI=1S/C22H25NO4/c1-22(2,3)20(25)19(12-24)23-21(26)27-13-18-16-10-6-4-8-14(16)15-9-5-7-11-17(15)18/h4-11,18-19,24H,12-13H2,1-3H3,(H,23,26)/t19-/m0/s1. The van der Waals surface area contributed by atoms with Gasteiger partial charge in [-0.05, 0) is 22.3 Å². The summed E-state index contributed by atoms with van der Waals surface area (Å²) in [6.07, 6.45) is -0.700. The fourth-order valence-corrected chi connectivity index (χ4v) is 3.50. The monoisotopic (exact) mass is 367 g/mol. The summed E-state index contributed by atoms with van der Waals surface area (Å²) in [5, 5.41) is 11.9. The molecule has 1 aliphatic rings. The molecule has 0 aliphatic heterocycles. The second-order valence-corrected chi connectivity index (χ2v) is 7.82. The lowest BCUT2D eigenvalue weighted by atomic mass is 9.87. The second kappa shape index (κ2) is 7.53. The van der Waals surface area contributed by atoms with E-state index in [0.717, 1.165) is 22.3 Å². The Labute approximate surface area is 159 Å². The normalized spacial score (nSPS) is 14.2. The Hall–Kier alpha value is -2.66. The zero-order chi connectivity index (χ0) is 19.6. The average Bonchev–Trinajstić information content (AvgIpc) is 2.97. The molecule has 5 nitrogen and oxygen atoms in total. The number of rotatable bonds is 5. The van der Waals surface area contributed by atoms with E-state index in [-0.39, 0.29) is 18.3 Å². The van der Waals surface area contributed by atoms with Crippen LogP contribution in [0.25, 0.3) is 11.1 Å². The highest BCUT2D eigenvalue weighted by molar-refractivity contribution is 5.91. The van der Waals surface area contributed by atoms with Crippen LogP contribution in [0.4, 0.5) is 4.79 Å². The van der Waals surface area contributed by atoms with Gasteiger partial charge in [0.2, 0.25) is 0 Å². The zero-order valence-corrected chi connectivity index (χ0v) is 15.9. The number of alkyl carbamates (subject to hydrolysis) is 1. The van der Waals surface area contributed by atoms with Gasteiger partial charge in [-0.3, -0.25) is 4.79 Å². The van der Waals surface area contributed by atoms with Gasteiger partial charge in [0.1, 0.15) is 12.6 Å². The van der Waals surface area contributed by atoms with Gasteiger partial charge in [0.15, 0.2) is 5.78 Å². The lowest BCUT2D eigenvalue weighted by molar-refractivity contribution is -0.129. The van der Waals surface area contributed by atoms with Crippen LogP contribution in [-0.2, 0) is 9.53 Å². The molecule has 1 atom stereocenters. The molecular formula is C22H25NO4. The number of aliphatic hydroxyl groups is 1. The third kappa shape index (κ3) is 3.88. The van der Waals surface area contributed by atoms with Crippen LogP contribution >= 0.6 is 0 Å². The molecule has 2 N–H and O–H groups in total. The van der Waals surface area contributed by atoms with E-state index in [9.17, 15) is 14.7 Å². The highest BCUT2D eigenvalue weighted by Crippen LogP contribution is 2.44. The van der Waals surface area contributed by atoms with E-state index in [4.69, 9.17) is 4.74 Å². The largest absolute Gasteiger partial charge is 0.449 e. The number of carbonyl (C=O) groups is 2. The van der Waals surface area contributed by atoms with Crippen molar-refractivity contribution in [3.05, 3.63) is 59.7 Å². The van der Waals surface area contributed by atoms with Crippen LogP contribution in [0.2, 0.25) is 0 Å². The molecule has 1 aliphatic carbocycles. The number of hydrogen-bond acceptors (Lipinski definition) is 4. The van der Waals surface area contributed by atoms with Gasteiger partial charge in [-0.2, -0.15) is 0 Å². The predicted molar refractivity (Wildman–Crippen MR) is 104 cm³/mol. The number of fused-ring (bicyclic) bond motifs is 3. The summed E-state index contributed by atoms with van der Waals surface area (Å²) in [7, 11) is 0. The first-order chi connectivity index (χ1) is 12.8. The Morgan fingerprint density at radius 1 is 1.04 bits per heavy atom. The summed E-state index contributed by atoms with van der Waals surface area (Å²) >= 11 is 0. The van der Waals surface area contributed by atoms with Gasteiger partial charge in [-0.1, -0.05) is 69.3 Å². The van der Waals surface area contributed by atoms with Crippen molar-refractivity contribution in [1.29, 1.82) is 0 Å². The molecule has 27 heavy (non-hydrogen) atoms. The minimum atomic E-state index is -0.972. The lowest BCUT2D eigenvalue weighted by Gasteiger charge is -2.24. The summed E-state index contributed by atoms with van der Waals surface area (Å²) in [6.45, 7) is 4.95. The minimum Gasteiger partial charge on any atom is -0.449 e. The summed E-state index contributed by atoms with van der Waals surface area (Å²) in [5.41, 5.74) is 3.88. The topological polar surface area (TPSA) is 75.6 Å². The summed E-state index contributed by atoms with van der Waals surface area (Å²) in [6, 6.07) is 15.2. The molecule has 0 saturated carbocycles. The first-order valence-electron chi connectivity index (χ1n) is 9.09. The Morgan fingerprint density at radius 3 is 2.04 bits per heavy atom. The molecule has 2 aromatic carbocycles. The quantitative estimate of drug-likeness (QED) is 0.848. The van der Waals surface area contributed by atoms with Gasteiger partial charge in [0.05, 0.1) is 6.61 Å². The number of carbonyl (C=O) groups excluding carboxylic acids is 2. The van der Waals surface area contributed by atoms with Gasteiger partial charge in [-0.25, -0.2) is 4.79 Å². The zero-order valence-electron chi connectivity index (χ0n) is 15.9. The van der Waals surface area contributed by atoms with Crippen LogP contribution in [0.15, 0.2) is 48.5 Å². The van der Waals surface area contributed by atoms with Crippen molar-refractivity contribution in [2.45, 2.75) is 32.7 Å². The number of aliphatic hydroxyl groups excluding tert-OH is 1. The Morgan fingerprint density at radius 2 is 1.56 bits per heavy atom. The first-order valence-corrected chi connectivity index (χ1v) is 9.09. The third-order valence-electron chi connectivity index (χ3n) is 4.87. The molecule has 0 aromatic heterocycles. The smallest absolute Gasteiger partial charge is 0.407 e. The van der Waals surface area contributed by atoms with E-state index in [1.54, 1.807) is 20.8 Å². The maximum absolute atomic E-state index is 12.3. The highest BCUT2D eigenvalue weighted by Gasteiger charge is 2.32. The van der Waals surface area contributed by atoms with E-state index < -0.39 is 24.2 Å². The predicted octanol–water partition coefficient (Wildman–Crippen LogP) is 3.50. The molecule has 142 valence electrons. The van der Waals surface area contributed by atoms with Crippen molar-refractivity contribution in [1.82, 2.24) is 5.32 Å². The van der Waals surface area contributed by atoms with Crippen molar-refractivity contribution in [2.24, 2.45) is 5.41 Å². The Bertz CT molecular complexity index is 808. The lowest BCUT2D eigenvalue weighted by Crippen LogP contribution is -2.48. The van der Waals surface area contributed by atoms with E-state index in [1.165, 1.54) is 0 Å². The summed E-state index contributed by atoms with van der Waals surface area (Å²) in [5.74, 6) is -0.285. The van der Waals surface area contributed by atoms with Crippen LogP contribution in [0.5, 0.6) is 0 Å². The fraction of sp³-hybridized carbons (Fsp3) is 0.364. The van der Waals surface area contributed by atoms with Gasteiger partial charge in [0, 0.05) is 11.3 Å². The highest BCUT2D eigenvalue weighted by atomic mass is 16.5. The minimum absolute atomic E-state index is 0.0472. The summed E-state index contributed by atoms with van der Waals surface area (Å²) < 4.78 is 5.42. The molecule has 0 unspecified atom stereocenters. The number of benzene rings is 2. The van der Waals surface area contributed by atoms with Crippen LogP contribution < -0.4 is 5.32 Å². The van der Waals surface area contributed by atoms with Gasteiger partial charge in [-0.15, -0.1) is 0 Å². The maximum atomic E-state index is 12.3. The fourth-order valence-electron chi connectivity index (χ4n) is 3.50. The van der Waals surface area contributed by atoms with Gasteiger partial charge in [0.25, 0.3) is 0 Å². The van der Waals surface area contributed by atoms with E-state index in [2.05, 4.69) is 17.4 Å². The Kier molecular flexibility index (Phi) is 5.33. The van der Waals surface area contributed by atoms with Crippen molar-refractivity contribution in [2.75, 3.05) is 13.2 Å². The summed E-state index contributed by atoms with van der Waals surface area (Å²) in [4.78, 5) is 24.5. The molecule has 0 saturated heterocycles. The molecule has 0 bridgehead atoms. The number of ketones is 1. The first kappa shape index (κ1) is 19.1. The van der Waals surface area contributed by atoms with Gasteiger partial charge >= 0.3 is 6.09 Å². The van der Waals surface area contributed by atoms with E-state index >= 15 is 0 Å². The van der Waals surface area contributed by atoms with Crippen molar-refractivity contribution in [3.63, 3.8) is 0 Å². The van der Waals surface area contributed by atoms with E-state index in [0.29, 0.717) is 0 Å². The number of ether oxygens (including phenoxy) is 1. The SMILES string of the molecule is CC(C)(C)C(=O)[C@H](CO)NC(=O)OCC1c2ccccc2-c2ccccc21. The number of nitrogens with one attached hydrogen (secondary N) is 1. The molecule has 2 aromatic rings. The van der Waals surface area contributed by atoms with Crippen LogP contribution in [-0.4, -0.2) is 36.2 Å². The van der Waals surface area contributed by atoms with Crippen molar-refractivity contribution < 1.29 is 19.4 Å². The number of hydrogen-bond donors (Lipinski definition) is 2. The van der Waals surface area contributed by atoms with Crippen molar-refractivity contribution >= 4 is 11.9 Å². The molecule has 0 radical (unpaired) electrons. The van der Waals surface area contributed by atoms with Crippen LogP contribution in [0, 0.1) is 5.41 Å². The molecule has 3 rings (SSSR count). The molecule has 5 heteroatoms. The van der Waals surface area contributed by atoms with Gasteiger partial charge < -0.3 is 15.2 Å². The number of amides is 1. The van der Waals surface area contributed by atoms with Crippen LogP contribution in [0.1, 0.15) is 37.8 Å². The molecule has 0 heterocycles. The van der Waals surface area contributed by atoms with Crippen LogP contribution in [0.3, 0.4) is 0 Å². The number of Topliss-reactive ketones (excluding diaryl/α,β-unsaturated/α-hetero) is 1. The second-order valence-electron chi connectivity index (χ2n) is 7.82. The molecular weight excluding hydrogens is 342 g/mol. The third-order valence-corrected chi connectivity index (χ3v) is 4.87. The maximum Gasteiger partial charge on any atom is 0.407 e. The molecule has 0 spiro atoms. The van der Waals surface area contributed by atoms with Crippen molar-refractivity contribution in [3.8, 4) is 11.1 Å². The Balaban J connectivity index is 1.70.